The predicted octanol–water partition coefficient (Wildman–Crippen LogP) is 2.11. The summed E-state index contributed by atoms with van der Waals surface area (Å²) >= 11 is 1.62. The van der Waals surface area contributed by atoms with E-state index >= 15 is 0 Å². The van der Waals surface area contributed by atoms with Gasteiger partial charge >= 0.3 is 6.09 Å². The molecular weight excluding hydrogens is 467 g/mol. The first-order valence-corrected chi connectivity index (χ1v) is 9.41. The number of carbonyl (C=O) groups excluding carboxylic acids is 1. The van der Waals surface area contributed by atoms with E-state index in [-0.39, 0.29) is 30.1 Å². The number of guanidine groups is 1. The van der Waals surface area contributed by atoms with Crippen molar-refractivity contribution in [2.45, 2.75) is 32.4 Å². The summed E-state index contributed by atoms with van der Waals surface area (Å²) in [6, 6.07) is 0.298. The Balaban J connectivity index is 0.00000338. The highest BCUT2D eigenvalue weighted by Crippen LogP contribution is 2.18. The highest BCUT2D eigenvalue weighted by Gasteiger charge is 2.23. The van der Waals surface area contributed by atoms with Crippen LogP contribution in [0, 0.1) is 0 Å². The summed E-state index contributed by atoms with van der Waals surface area (Å²) in [6.45, 7) is 4.78. The molecule has 0 atom stereocenters. The van der Waals surface area contributed by atoms with Crippen molar-refractivity contribution in [2.75, 3.05) is 45.7 Å². The van der Waals surface area contributed by atoms with Gasteiger partial charge in [-0.1, -0.05) is 0 Å². The zero-order chi connectivity index (χ0) is 18.2. The molecule has 1 aliphatic rings. The van der Waals surface area contributed by atoms with E-state index in [9.17, 15) is 4.79 Å². The van der Waals surface area contributed by atoms with Gasteiger partial charge in [0, 0.05) is 45.2 Å². The molecule has 1 fully saturated rings. The summed E-state index contributed by atoms with van der Waals surface area (Å²) in [6.07, 6.45) is 1.50. The van der Waals surface area contributed by atoms with Crippen LogP contribution in [-0.2, 0) is 11.3 Å². The molecule has 148 valence electrons. The third kappa shape index (κ3) is 6.78. The molecule has 8 nitrogen and oxygen atoms in total. The van der Waals surface area contributed by atoms with Gasteiger partial charge in [-0.3, -0.25) is 0 Å². The van der Waals surface area contributed by atoms with E-state index in [0.29, 0.717) is 25.7 Å². The molecule has 1 aliphatic heterocycles. The van der Waals surface area contributed by atoms with E-state index in [1.807, 2.05) is 31.3 Å². The van der Waals surface area contributed by atoms with Crippen molar-refractivity contribution in [1.82, 2.24) is 20.5 Å². The van der Waals surface area contributed by atoms with Crippen LogP contribution in [0.25, 0.3) is 0 Å². The molecule has 1 aromatic rings. The smallest absolute Gasteiger partial charge is 0.409 e. The van der Waals surface area contributed by atoms with Gasteiger partial charge in [0.1, 0.15) is 0 Å². The zero-order valence-corrected chi connectivity index (χ0v) is 19.0. The molecule has 2 rings (SSSR count). The van der Waals surface area contributed by atoms with Crippen molar-refractivity contribution in [3.05, 3.63) is 11.1 Å². The van der Waals surface area contributed by atoms with Crippen LogP contribution in [-0.4, -0.2) is 68.8 Å². The zero-order valence-electron chi connectivity index (χ0n) is 15.8. The summed E-state index contributed by atoms with van der Waals surface area (Å²) in [7, 11) is 5.39. The summed E-state index contributed by atoms with van der Waals surface area (Å²) in [5, 5.41) is 9.76. The Hall–Kier alpha value is -1.30. The Bertz CT molecular complexity index is 587. The predicted molar refractivity (Wildman–Crippen MR) is 117 cm³/mol. The molecule has 0 unspecified atom stereocenters. The summed E-state index contributed by atoms with van der Waals surface area (Å²) in [4.78, 5) is 24.5. The second-order valence-electron chi connectivity index (χ2n) is 6.09. The van der Waals surface area contributed by atoms with E-state index in [2.05, 4.69) is 20.6 Å². The van der Waals surface area contributed by atoms with Crippen LogP contribution in [0.2, 0.25) is 0 Å². The molecule has 0 aliphatic carbocycles. The van der Waals surface area contributed by atoms with Crippen molar-refractivity contribution in [3.63, 3.8) is 0 Å². The Morgan fingerprint density at radius 3 is 2.69 bits per heavy atom. The fourth-order valence-electron chi connectivity index (χ4n) is 2.58. The van der Waals surface area contributed by atoms with Gasteiger partial charge in [-0.25, -0.2) is 14.8 Å². The molecule has 0 spiro atoms. The van der Waals surface area contributed by atoms with Crippen molar-refractivity contribution in [2.24, 2.45) is 4.99 Å². The fourth-order valence-corrected chi connectivity index (χ4v) is 3.33. The van der Waals surface area contributed by atoms with Crippen LogP contribution >= 0.6 is 35.3 Å². The summed E-state index contributed by atoms with van der Waals surface area (Å²) in [5.41, 5.74) is 0.964. The number of aromatic nitrogens is 1. The number of piperidine rings is 1. The molecule has 2 heterocycles. The van der Waals surface area contributed by atoms with E-state index in [0.717, 1.165) is 36.2 Å². The number of rotatable bonds is 5. The number of anilines is 1. The largest absolute Gasteiger partial charge is 0.453 e. The number of hydrogen-bond acceptors (Lipinski definition) is 6. The highest BCUT2D eigenvalue weighted by atomic mass is 127. The van der Waals surface area contributed by atoms with Crippen molar-refractivity contribution in [3.8, 4) is 0 Å². The summed E-state index contributed by atoms with van der Waals surface area (Å²) in [5.74, 6) is 0.790. The van der Waals surface area contributed by atoms with Gasteiger partial charge in [-0.15, -0.1) is 35.3 Å². The lowest BCUT2D eigenvalue weighted by Crippen LogP contribution is -2.49. The second kappa shape index (κ2) is 11.4. The van der Waals surface area contributed by atoms with E-state index in [1.165, 1.54) is 7.11 Å². The highest BCUT2D eigenvalue weighted by molar-refractivity contribution is 14.0. The lowest BCUT2D eigenvalue weighted by molar-refractivity contribution is 0.111. The lowest BCUT2D eigenvalue weighted by atomic mass is 10.1. The average molecular weight is 496 g/mol. The number of hydrogen-bond donors (Lipinski definition) is 2. The van der Waals surface area contributed by atoms with E-state index in [1.54, 1.807) is 16.2 Å². The number of aliphatic imine (C=N–C) groups is 1. The fraction of sp³-hybridized carbons (Fsp3) is 0.688. The van der Waals surface area contributed by atoms with E-state index in [4.69, 9.17) is 4.74 Å². The van der Waals surface area contributed by atoms with Gasteiger partial charge in [-0.2, -0.15) is 0 Å². The Kier molecular flexibility index (Phi) is 9.99. The van der Waals surface area contributed by atoms with Gasteiger partial charge in [0.25, 0.3) is 0 Å². The van der Waals surface area contributed by atoms with Crippen molar-refractivity contribution in [1.29, 1.82) is 0 Å². The molecule has 0 aromatic carbocycles. The molecule has 1 amide bonds. The van der Waals surface area contributed by atoms with Crippen LogP contribution in [0.15, 0.2) is 10.4 Å². The first-order chi connectivity index (χ1) is 12.0. The minimum Gasteiger partial charge on any atom is -0.453 e. The quantitative estimate of drug-likeness (QED) is 0.369. The third-order valence-electron chi connectivity index (χ3n) is 3.93. The second-order valence-corrected chi connectivity index (χ2v) is 6.92. The van der Waals surface area contributed by atoms with Crippen LogP contribution in [0.4, 0.5) is 9.93 Å². The van der Waals surface area contributed by atoms with Crippen LogP contribution in [0.1, 0.15) is 25.5 Å². The lowest BCUT2D eigenvalue weighted by Gasteiger charge is -2.32. The number of likely N-dealkylation sites (tertiary alicyclic amines) is 1. The number of methoxy groups -OCH3 is 1. The van der Waals surface area contributed by atoms with Crippen LogP contribution < -0.4 is 15.5 Å². The molecule has 10 heteroatoms. The Morgan fingerprint density at radius 2 is 2.15 bits per heavy atom. The van der Waals surface area contributed by atoms with Gasteiger partial charge < -0.3 is 25.2 Å². The Labute approximate surface area is 176 Å². The van der Waals surface area contributed by atoms with Crippen molar-refractivity contribution >= 4 is 52.5 Å². The normalized spacial score (nSPS) is 15.2. The first-order valence-electron chi connectivity index (χ1n) is 8.53. The monoisotopic (exact) mass is 496 g/mol. The number of amides is 1. The molecule has 1 saturated heterocycles. The Morgan fingerprint density at radius 1 is 1.46 bits per heavy atom. The maximum atomic E-state index is 11.5. The number of ether oxygens (including phenoxy) is 1. The van der Waals surface area contributed by atoms with Gasteiger partial charge in [0.15, 0.2) is 11.1 Å². The minimum absolute atomic E-state index is 0. The standard InChI is InChI=1S/C16H28N6O2S.HI/c1-5-17-14(18-10-13-11-25-15(20-13)21(2)3)19-12-6-8-22(9-7-12)16(23)24-4;/h11-12H,5-10H2,1-4H3,(H2,17,18,19);1H. The molecule has 26 heavy (non-hydrogen) atoms. The van der Waals surface area contributed by atoms with Gasteiger partial charge in [0.2, 0.25) is 0 Å². The topological polar surface area (TPSA) is 82.1 Å². The first kappa shape index (κ1) is 22.7. The maximum Gasteiger partial charge on any atom is 0.409 e. The molecule has 2 N–H and O–H groups in total. The summed E-state index contributed by atoms with van der Waals surface area (Å²) < 4.78 is 4.77. The maximum absolute atomic E-state index is 11.5. The minimum atomic E-state index is -0.251. The van der Waals surface area contributed by atoms with Crippen LogP contribution in [0.3, 0.4) is 0 Å². The SMILES string of the molecule is CCNC(=NCc1csc(N(C)C)n1)NC1CCN(C(=O)OC)CC1.I. The number of carbonyl (C=O) groups is 1. The third-order valence-corrected chi connectivity index (χ3v) is 4.99. The molecular formula is C16H29IN6O2S. The number of halogens is 1. The number of thiazole rings is 1. The van der Waals surface area contributed by atoms with Crippen LogP contribution in [0.5, 0.6) is 0 Å². The van der Waals surface area contributed by atoms with Gasteiger partial charge in [-0.05, 0) is 19.8 Å². The van der Waals surface area contributed by atoms with E-state index < -0.39 is 0 Å². The molecule has 0 bridgehead atoms. The average Bonchev–Trinajstić information content (AvgIpc) is 3.09. The number of nitrogens with one attached hydrogen (secondary N) is 2. The molecule has 0 radical (unpaired) electrons. The number of nitrogens with zero attached hydrogens (tertiary/aromatic N) is 4. The van der Waals surface area contributed by atoms with Crippen molar-refractivity contribution < 1.29 is 9.53 Å². The van der Waals surface area contributed by atoms with Gasteiger partial charge in [0.05, 0.1) is 19.3 Å². The molecule has 1 aromatic heterocycles. The molecule has 0 saturated carbocycles.